The number of hydrogen-bond donors (Lipinski definition) is 1. The molecule has 3 unspecified atom stereocenters. The van der Waals surface area contributed by atoms with Gasteiger partial charge < -0.3 is 15.0 Å². The number of likely N-dealkylation sites (tertiary alicyclic amines) is 1. The molecule has 1 fully saturated rings. The van der Waals surface area contributed by atoms with Gasteiger partial charge in [-0.25, -0.2) is 0 Å². The summed E-state index contributed by atoms with van der Waals surface area (Å²) in [6.45, 7) is 10.4. The van der Waals surface area contributed by atoms with Gasteiger partial charge in [0.1, 0.15) is 0 Å². The van der Waals surface area contributed by atoms with Gasteiger partial charge >= 0.3 is 0 Å². The molecule has 4 atom stereocenters. The molecule has 0 aliphatic carbocycles. The van der Waals surface area contributed by atoms with Crippen LogP contribution < -0.4 is 5.32 Å². The Bertz CT molecular complexity index is 809. The molecule has 2 rings (SSSR count). The van der Waals surface area contributed by atoms with Crippen LogP contribution >= 0.6 is 0 Å². The van der Waals surface area contributed by atoms with E-state index in [0.717, 1.165) is 64.5 Å². The lowest BCUT2D eigenvalue weighted by Crippen LogP contribution is -2.56. The molecule has 0 aromatic carbocycles. The molecule has 0 radical (unpaired) electrons. The fourth-order valence-corrected chi connectivity index (χ4v) is 5.64. The zero-order valence-electron chi connectivity index (χ0n) is 23.8. The largest absolute Gasteiger partial charge is 0.379 e. The van der Waals surface area contributed by atoms with E-state index >= 15 is 0 Å². The van der Waals surface area contributed by atoms with Crippen LogP contribution in [-0.4, -0.2) is 96.3 Å². The Kier molecular flexibility index (Phi) is 12.2. The van der Waals surface area contributed by atoms with Crippen LogP contribution in [0.2, 0.25) is 0 Å². The molecule has 9 heteroatoms. The highest BCUT2D eigenvalue weighted by atomic mass is 16.5. The maximum absolute atomic E-state index is 13.2. The number of carbonyl (C=O) groups excluding carboxylic acids is 4. The van der Waals surface area contributed by atoms with Gasteiger partial charge in [-0.15, -0.1) is 0 Å². The van der Waals surface area contributed by atoms with Crippen LogP contribution in [0.1, 0.15) is 79.1 Å². The molecule has 0 bridgehead atoms. The van der Waals surface area contributed by atoms with Gasteiger partial charge in [-0.05, 0) is 58.0 Å². The number of nitrogens with zero attached hydrogens (tertiary/aromatic N) is 3. The second kappa shape index (κ2) is 14.6. The Morgan fingerprint density at radius 3 is 2.27 bits per heavy atom. The summed E-state index contributed by atoms with van der Waals surface area (Å²) in [5.41, 5.74) is -0.618. The summed E-state index contributed by atoms with van der Waals surface area (Å²) in [5, 5.41) is 2.92. The lowest BCUT2D eigenvalue weighted by molar-refractivity contribution is -0.139. The normalized spacial score (nSPS) is 22.4. The molecule has 0 aromatic heterocycles. The average Bonchev–Trinajstić information content (AvgIpc) is 3.43. The number of carbonyl (C=O) groups is 4. The van der Waals surface area contributed by atoms with Crippen molar-refractivity contribution in [2.24, 2.45) is 5.92 Å². The summed E-state index contributed by atoms with van der Waals surface area (Å²) < 4.78 is 5.67. The number of nitrogens with one attached hydrogen (secondary N) is 1. The van der Waals surface area contributed by atoms with Crippen molar-refractivity contribution in [1.29, 1.82) is 0 Å². The van der Waals surface area contributed by atoms with Gasteiger partial charge in [0, 0.05) is 32.9 Å². The van der Waals surface area contributed by atoms with Gasteiger partial charge in [0.25, 0.3) is 11.8 Å². The fraction of sp³-hybridized carbons (Fsp3) is 0.786. The molecule has 2 aliphatic heterocycles. The number of rotatable bonds is 16. The van der Waals surface area contributed by atoms with Crippen molar-refractivity contribution in [1.82, 2.24) is 20.0 Å². The van der Waals surface area contributed by atoms with Gasteiger partial charge in [0.15, 0.2) is 0 Å². The van der Waals surface area contributed by atoms with Crippen LogP contribution in [0.25, 0.3) is 0 Å². The highest BCUT2D eigenvalue weighted by Crippen LogP contribution is 2.30. The summed E-state index contributed by atoms with van der Waals surface area (Å²) in [6.07, 6.45) is 9.68. The SMILES string of the molecule is CCC(C)C(C(CC)OC)N(C)C(=O)CNC(=O)[C@]1(C)CCCN1CCCCCCN1C(=O)C=CC1=O. The molecule has 210 valence electrons. The lowest BCUT2D eigenvalue weighted by Gasteiger charge is -2.38. The molecule has 9 nitrogen and oxygen atoms in total. The maximum Gasteiger partial charge on any atom is 0.253 e. The monoisotopic (exact) mass is 520 g/mol. The lowest BCUT2D eigenvalue weighted by atomic mass is 9.91. The van der Waals surface area contributed by atoms with Crippen molar-refractivity contribution < 1.29 is 23.9 Å². The number of likely N-dealkylation sites (N-methyl/N-ethyl adjacent to an activating group) is 1. The van der Waals surface area contributed by atoms with E-state index in [-0.39, 0.29) is 48.2 Å². The topological polar surface area (TPSA) is 99.3 Å². The zero-order chi connectivity index (χ0) is 27.6. The van der Waals surface area contributed by atoms with E-state index in [9.17, 15) is 19.2 Å². The van der Waals surface area contributed by atoms with Gasteiger partial charge in [-0.3, -0.25) is 29.0 Å². The third-order valence-electron chi connectivity index (χ3n) is 8.29. The molecular weight excluding hydrogens is 472 g/mol. The van der Waals surface area contributed by atoms with Crippen molar-refractivity contribution >= 4 is 23.6 Å². The van der Waals surface area contributed by atoms with E-state index in [4.69, 9.17) is 4.74 Å². The van der Waals surface area contributed by atoms with E-state index in [2.05, 4.69) is 31.0 Å². The van der Waals surface area contributed by atoms with Crippen molar-refractivity contribution in [3.05, 3.63) is 12.2 Å². The maximum atomic E-state index is 13.2. The molecule has 1 N–H and O–H groups in total. The number of imide groups is 1. The standard InChI is InChI=1S/C28H48N4O5/c1-7-21(3)26(22(8-2)37-6)30(5)25(35)20-29-27(36)28(4)16-13-18-31(28)17-11-9-10-12-19-32-23(33)14-15-24(32)34/h14-15,21-22,26H,7-13,16-20H2,1-6H3,(H,29,36)/t21?,22?,26?,28-/m0/s1. The minimum absolute atomic E-state index is 0.0192. The Balaban J connectivity index is 1.80. The van der Waals surface area contributed by atoms with E-state index in [1.54, 1.807) is 12.0 Å². The predicted octanol–water partition coefficient (Wildman–Crippen LogP) is 2.74. The van der Waals surface area contributed by atoms with Crippen molar-refractivity contribution in [3.63, 3.8) is 0 Å². The van der Waals surface area contributed by atoms with Gasteiger partial charge in [-0.1, -0.05) is 40.0 Å². The Labute approximate surface area is 222 Å². The van der Waals surface area contributed by atoms with Gasteiger partial charge in [-0.2, -0.15) is 0 Å². The number of methoxy groups -OCH3 is 1. The van der Waals surface area contributed by atoms with Crippen LogP contribution in [0.4, 0.5) is 0 Å². The smallest absolute Gasteiger partial charge is 0.253 e. The van der Waals surface area contributed by atoms with Crippen molar-refractivity contribution in [2.45, 2.75) is 96.7 Å². The molecule has 0 saturated carbocycles. The minimum atomic E-state index is -0.618. The molecule has 0 aromatic rings. The Morgan fingerprint density at radius 2 is 1.70 bits per heavy atom. The van der Waals surface area contributed by atoms with E-state index in [0.29, 0.717) is 6.54 Å². The minimum Gasteiger partial charge on any atom is -0.379 e. The quantitative estimate of drug-likeness (QED) is 0.248. The molecular formula is C28H48N4O5. The Morgan fingerprint density at radius 1 is 1.08 bits per heavy atom. The van der Waals surface area contributed by atoms with Gasteiger partial charge in [0.2, 0.25) is 11.8 Å². The summed E-state index contributed by atoms with van der Waals surface area (Å²) in [4.78, 5) is 54.8. The van der Waals surface area contributed by atoms with Gasteiger partial charge in [0.05, 0.1) is 24.2 Å². The summed E-state index contributed by atoms with van der Waals surface area (Å²) >= 11 is 0. The molecule has 2 heterocycles. The van der Waals surface area contributed by atoms with E-state index in [1.165, 1.54) is 17.1 Å². The summed E-state index contributed by atoms with van der Waals surface area (Å²) in [5.74, 6) is -0.373. The van der Waals surface area contributed by atoms with Crippen molar-refractivity contribution in [2.75, 3.05) is 40.3 Å². The first kappa shape index (κ1) is 31.0. The third-order valence-corrected chi connectivity index (χ3v) is 8.29. The highest BCUT2D eigenvalue weighted by Gasteiger charge is 2.43. The van der Waals surface area contributed by atoms with Crippen LogP contribution in [-0.2, 0) is 23.9 Å². The fourth-order valence-electron chi connectivity index (χ4n) is 5.64. The molecule has 0 spiro atoms. The number of ether oxygens (including phenoxy) is 1. The van der Waals surface area contributed by atoms with Crippen LogP contribution in [0.5, 0.6) is 0 Å². The summed E-state index contributed by atoms with van der Waals surface area (Å²) in [6, 6.07) is -0.0408. The van der Waals surface area contributed by atoms with Crippen LogP contribution in [0, 0.1) is 5.92 Å². The third kappa shape index (κ3) is 7.87. The average molecular weight is 521 g/mol. The predicted molar refractivity (Wildman–Crippen MR) is 144 cm³/mol. The second-order valence-corrected chi connectivity index (χ2v) is 10.7. The molecule has 4 amide bonds. The molecule has 37 heavy (non-hydrogen) atoms. The number of amides is 4. The van der Waals surface area contributed by atoms with Crippen molar-refractivity contribution in [3.8, 4) is 0 Å². The molecule has 1 saturated heterocycles. The first-order valence-corrected chi connectivity index (χ1v) is 14.0. The van der Waals surface area contributed by atoms with E-state index < -0.39 is 5.54 Å². The van der Waals surface area contributed by atoms with Crippen LogP contribution in [0.15, 0.2) is 12.2 Å². The second-order valence-electron chi connectivity index (χ2n) is 10.7. The molecule has 2 aliphatic rings. The number of unbranched alkanes of at least 4 members (excludes halogenated alkanes) is 3. The first-order chi connectivity index (χ1) is 17.6. The summed E-state index contributed by atoms with van der Waals surface area (Å²) in [7, 11) is 3.49. The Hall–Kier alpha value is -2.26. The first-order valence-electron chi connectivity index (χ1n) is 14.0. The number of hydrogen-bond acceptors (Lipinski definition) is 6. The zero-order valence-corrected chi connectivity index (χ0v) is 23.8. The highest BCUT2D eigenvalue weighted by molar-refractivity contribution is 6.12. The van der Waals surface area contributed by atoms with Crippen LogP contribution in [0.3, 0.4) is 0 Å². The van der Waals surface area contributed by atoms with E-state index in [1.807, 2.05) is 14.0 Å².